The molecule has 0 aliphatic carbocycles. The lowest BCUT2D eigenvalue weighted by Crippen LogP contribution is -2.28. The fourth-order valence-corrected chi connectivity index (χ4v) is 1.12. The lowest BCUT2D eigenvalue weighted by molar-refractivity contribution is -0.148. The molecule has 1 N–H and O–H groups in total. The van der Waals surface area contributed by atoms with Gasteiger partial charge in [-0.15, -0.1) is 0 Å². The Balaban J connectivity index is 2.70. The lowest BCUT2D eigenvalue weighted by atomic mass is 9.97. The summed E-state index contributed by atoms with van der Waals surface area (Å²) in [5.74, 6) is -0.388. The van der Waals surface area contributed by atoms with E-state index >= 15 is 0 Å². The van der Waals surface area contributed by atoms with Crippen LogP contribution in [0.15, 0.2) is 30.3 Å². The van der Waals surface area contributed by atoms with Crippen molar-refractivity contribution in [3.05, 3.63) is 35.9 Å². The van der Waals surface area contributed by atoms with Crippen molar-refractivity contribution < 1.29 is 14.6 Å². The van der Waals surface area contributed by atoms with Gasteiger partial charge in [-0.25, -0.2) is 0 Å². The molecule has 1 unspecified atom stereocenters. The maximum Gasteiger partial charge on any atom is 0.302 e. The highest BCUT2D eigenvalue weighted by atomic mass is 16.5. The minimum absolute atomic E-state index is 0.0215. The van der Waals surface area contributed by atoms with Gasteiger partial charge in [0.1, 0.15) is 12.2 Å². The van der Waals surface area contributed by atoms with Gasteiger partial charge in [0, 0.05) is 6.92 Å². The number of aliphatic hydroxyl groups is 1. The number of hydrogen-bond donors (Lipinski definition) is 1. The fraction of sp³-hybridized carbons (Fsp3) is 0.364. The Morgan fingerprint density at radius 3 is 2.50 bits per heavy atom. The maximum atomic E-state index is 10.6. The normalized spacial score (nSPS) is 14.5. The molecule has 0 saturated heterocycles. The van der Waals surface area contributed by atoms with Gasteiger partial charge in [-0.1, -0.05) is 30.3 Å². The van der Waals surface area contributed by atoms with Gasteiger partial charge in [0.25, 0.3) is 0 Å². The molecule has 0 aromatic heterocycles. The molecule has 0 aliphatic rings. The first kappa shape index (κ1) is 10.7. The average Bonchev–Trinajstić information content (AvgIpc) is 2.16. The zero-order chi connectivity index (χ0) is 10.6. The molecule has 0 saturated carbocycles. The Morgan fingerprint density at radius 2 is 2.00 bits per heavy atom. The van der Waals surface area contributed by atoms with Crippen LogP contribution in [0, 0.1) is 0 Å². The van der Waals surface area contributed by atoms with Crippen molar-refractivity contribution in [2.75, 3.05) is 6.61 Å². The maximum absolute atomic E-state index is 10.6. The summed E-state index contributed by atoms with van der Waals surface area (Å²) in [6.45, 7) is 2.92. The molecule has 0 heterocycles. The monoisotopic (exact) mass is 194 g/mol. The molecule has 1 rings (SSSR count). The number of carbonyl (C=O) groups is 1. The second kappa shape index (κ2) is 4.24. The third-order valence-electron chi connectivity index (χ3n) is 1.95. The van der Waals surface area contributed by atoms with Crippen molar-refractivity contribution >= 4 is 5.97 Å². The largest absolute Gasteiger partial charge is 0.462 e. The highest BCUT2D eigenvalue weighted by Crippen LogP contribution is 2.20. The topological polar surface area (TPSA) is 46.5 Å². The van der Waals surface area contributed by atoms with Gasteiger partial charge in [-0.2, -0.15) is 0 Å². The van der Waals surface area contributed by atoms with E-state index in [2.05, 4.69) is 0 Å². The molecule has 3 heteroatoms. The van der Waals surface area contributed by atoms with E-state index in [9.17, 15) is 9.90 Å². The fourth-order valence-electron chi connectivity index (χ4n) is 1.12. The molecule has 0 aliphatic heterocycles. The Bertz CT molecular complexity index is 304. The van der Waals surface area contributed by atoms with Crippen molar-refractivity contribution in [3.63, 3.8) is 0 Å². The van der Waals surface area contributed by atoms with E-state index in [-0.39, 0.29) is 12.6 Å². The number of hydrogen-bond acceptors (Lipinski definition) is 3. The van der Waals surface area contributed by atoms with Gasteiger partial charge in [0.05, 0.1) is 0 Å². The van der Waals surface area contributed by atoms with Crippen molar-refractivity contribution in [1.82, 2.24) is 0 Å². The molecule has 0 radical (unpaired) electrons. The average molecular weight is 194 g/mol. The predicted octanol–water partition coefficient (Wildman–Crippen LogP) is 1.46. The molecule has 76 valence electrons. The van der Waals surface area contributed by atoms with Crippen LogP contribution in [0.5, 0.6) is 0 Å². The standard InChI is InChI=1S/C11H14O3/c1-9(12)14-8-11(2,13)10-6-4-3-5-7-10/h3-7,13H,8H2,1-2H3. The van der Waals surface area contributed by atoms with E-state index in [4.69, 9.17) is 4.74 Å². The molecule has 1 atom stereocenters. The summed E-state index contributed by atoms with van der Waals surface area (Å²) in [7, 11) is 0. The highest BCUT2D eigenvalue weighted by molar-refractivity contribution is 5.66. The van der Waals surface area contributed by atoms with Gasteiger partial charge in [0.2, 0.25) is 0 Å². The lowest BCUT2D eigenvalue weighted by Gasteiger charge is -2.22. The van der Waals surface area contributed by atoms with E-state index in [0.717, 1.165) is 5.56 Å². The Morgan fingerprint density at radius 1 is 1.43 bits per heavy atom. The summed E-state index contributed by atoms with van der Waals surface area (Å²) in [4.78, 5) is 10.6. The van der Waals surface area contributed by atoms with Crippen LogP contribution < -0.4 is 0 Å². The van der Waals surface area contributed by atoms with Crippen LogP contribution in [0.4, 0.5) is 0 Å². The summed E-state index contributed by atoms with van der Waals surface area (Å²) in [5.41, 5.74) is -0.381. The van der Waals surface area contributed by atoms with Gasteiger partial charge in [-0.05, 0) is 12.5 Å². The van der Waals surface area contributed by atoms with E-state index in [1.54, 1.807) is 19.1 Å². The minimum atomic E-state index is -1.12. The number of carbonyl (C=O) groups excluding carboxylic acids is 1. The van der Waals surface area contributed by atoms with Crippen LogP contribution in [0.2, 0.25) is 0 Å². The van der Waals surface area contributed by atoms with Crippen LogP contribution in [0.25, 0.3) is 0 Å². The zero-order valence-electron chi connectivity index (χ0n) is 8.36. The second-order valence-electron chi connectivity index (χ2n) is 3.42. The molecule has 0 fully saturated rings. The number of benzene rings is 1. The summed E-state index contributed by atoms with van der Waals surface area (Å²) in [5, 5.41) is 9.96. The van der Waals surface area contributed by atoms with Crippen molar-refractivity contribution in [3.8, 4) is 0 Å². The first-order valence-corrected chi connectivity index (χ1v) is 4.43. The van der Waals surface area contributed by atoms with Gasteiger partial charge in [-0.3, -0.25) is 4.79 Å². The van der Waals surface area contributed by atoms with Gasteiger partial charge >= 0.3 is 5.97 Å². The summed E-state index contributed by atoms with van der Waals surface area (Å²) >= 11 is 0. The summed E-state index contributed by atoms with van der Waals surface area (Å²) in [6.07, 6.45) is 0. The third kappa shape index (κ3) is 2.85. The SMILES string of the molecule is CC(=O)OCC(C)(O)c1ccccc1. The number of rotatable bonds is 3. The Labute approximate surface area is 83.3 Å². The number of esters is 1. The Hall–Kier alpha value is -1.35. The van der Waals surface area contributed by atoms with Crippen LogP contribution in [-0.4, -0.2) is 17.7 Å². The van der Waals surface area contributed by atoms with Crippen molar-refractivity contribution in [2.24, 2.45) is 0 Å². The molecule has 1 aromatic rings. The molecule has 0 amide bonds. The molecule has 0 bridgehead atoms. The molecular formula is C11H14O3. The van der Waals surface area contributed by atoms with E-state index in [1.165, 1.54) is 6.92 Å². The zero-order valence-corrected chi connectivity index (χ0v) is 8.36. The second-order valence-corrected chi connectivity index (χ2v) is 3.42. The van der Waals surface area contributed by atoms with Crippen LogP contribution in [0.3, 0.4) is 0 Å². The van der Waals surface area contributed by atoms with E-state index in [0.29, 0.717) is 0 Å². The van der Waals surface area contributed by atoms with Crippen molar-refractivity contribution in [1.29, 1.82) is 0 Å². The Kier molecular flexibility index (Phi) is 3.25. The van der Waals surface area contributed by atoms with Gasteiger partial charge < -0.3 is 9.84 Å². The first-order chi connectivity index (χ1) is 6.52. The summed E-state index contributed by atoms with van der Waals surface area (Å²) in [6, 6.07) is 9.12. The molecular weight excluding hydrogens is 180 g/mol. The molecule has 3 nitrogen and oxygen atoms in total. The van der Waals surface area contributed by atoms with Gasteiger partial charge in [0.15, 0.2) is 0 Å². The highest BCUT2D eigenvalue weighted by Gasteiger charge is 2.24. The molecule has 14 heavy (non-hydrogen) atoms. The van der Waals surface area contributed by atoms with Crippen LogP contribution in [0.1, 0.15) is 19.4 Å². The minimum Gasteiger partial charge on any atom is -0.462 e. The predicted molar refractivity (Wildman–Crippen MR) is 52.6 cm³/mol. The smallest absolute Gasteiger partial charge is 0.302 e. The molecule has 1 aromatic carbocycles. The van der Waals surface area contributed by atoms with Crippen molar-refractivity contribution in [2.45, 2.75) is 19.4 Å². The quantitative estimate of drug-likeness (QED) is 0.741. The van der Waals surface area contributed by atoms with Crippen LogP contribution >= 0.6 is 0 Å². The van der Waals surface area contributed by atoms with E-state index < -0.39 is 5.60 Å². The molecule has 0 spiro atoms. The van der Waals surface area contributed by atoms with Crippen LogP contribution in [-0.2, 0) is 15.1 Å². The van der Waals surface area contributed by atoms with E-state index in [1.807, 2.05) is 18.2 Å². The number of ether oxygens (including phenoxy) is 1. The first-order valence-electron chi connectivity index (χ1n) is 4.43. The summed E-state index contributed by atoms with van der Waals surface area (Å²) < 4.78 is 4.77. The third-order valence-corrected chi connectivity index (χ3v) is 1.95.